The van der Waals surface area contributed by atoms with Gasteiger partial charge in [-0.25, -0.2) is 0 Å². The highest BCUT2D eigenvalue weighted by Gasteiger charge is 2.30. The van der Waals surface area contributed by atoms with Gasteiger partial charge < -0.3 is 43.6 Å². The van der Waals surface area contributed by atoms with E-state index in [1.54, 1.807) is 36.4 Å². The summed E-state index contributed by atoms with van der Waals surface area (Å²) >= 11 is 7.04. The Labute approximate surface area is 282 Å². The molecule has 15 heteroatoms. The number of carbonyl (C=O) groups excluding carboxylic acids is 4. The number of hydrogen-bond donors (Lipinski definition) is 7. The van der Waals surface area contributed by atoms with Crippen molar-refractivity contribution in [2.75, 3.05) is 13.1 Å². The number of halogens is 1. The number of rotatable bonds is 19. The highest BCUT2D eigenvalue weighted by atomic mass is 35.5. The number of benzene rings is 2. The van der Waals surface area contributed by atoms with Crippen LogP contribution in [0.4, 0.5) is 0 Å². The topological polar surface area (TPSA) is 230 Å². The Balaban J connectivity index is 1.72. The number of guanidine groups is 1. The molecule has 3 rings (SSSR count). The number of primary amides is 1. The number of nitrogens with two attached hydrogens (primary N) is 4. The van der Waals surface area contributed by atoms with Crippen molar-refractivity contribution < 1.29 is 23.9 Å². The third-order valence-corrected chi connectivity index (χ3v) is 8.21. The van der Waals surface area contributed by atoms with E-state index in [9.17, 15) is 19.2 Å². The van der Waals surface area contributed by atoms with Crippen molar-refractivity contribution in [3.63, 3.8) is 0 Å². The molecule has 252 valence electrons. The molecule has 0 unspecified atom stereocenters. The molecule has 0 aliphatic heterocycles. The molecule has 13 nitrogen and oxygen atoms in total. The monoisotopic (exact) mass is 684 g/mol. The number of hydrogen-bond acceptors (Lipinski definition) is 8. The van der Waals surface area contributed by atoms with Gasteiger partial charge in [-0.1, -0.05) is 54.1 Å². The second kappa shape index (κ2) is 19.1. The van der Waals surface area contributed by atoms with Gasteiger partial charge in [0, 0.05) is 6.54 Å². The van der Waals surface area contributed by atoms with Crippen LogP contribution in [0.25, 0.3) is 0 Å². The maximum Gasteiger partial charge on any atom is 0.262 e. The Bertz CT molecular complexity index is 1500. The summed E-state index contributed by atoms with van der Waals surface area (Å²) in [5.41, 5.74) is 23.6. The van der Waals surface area contributed by atoms with Crippen molar-refractivity contribution in [2.45, 2.75) is 56.8 Å². The Morgan fingerprint density at radius 3 is 2.09 bits per heavy atom. The lowest BCUT2D eigenvalue weighted by Crippen LogP contribution is -2.54. The SMILES string of the molecule is NCCCC[C@H](NC(=O)[C@H](CCCN=C(N)N)NC(=O)c1ccc(Cl)s1)C(=O)N[C@@H](C(N)=O)c1ccc(OCc2ccccc2)cc1. The first-order valence-corrected chi connectivity index (χ1v) is 16.2. The number of unbranched alkanes of at least 4 members (excludes halogenated alkanes) is 1. The van der Waals surface area contributed by atoms with Crippen LogP contribution in [0.15, 0.2) is 71.7 Å². The summed E-state index contributed by atoms with van der Waals surface area (Å²) in [5, 5.41) is 8.12. The molecule has 0 aliphatic carbocycles. The van der Waals surface area contributed by atoms with E-state index in [4.69, 9.17) is 39.3 Å². The largest absolute Gasteiger partial charge is 0.489 e. The van der Waals surface area contributed by atoms with Gasteiger partial charge in [-0.15, -0.1) is 11.3 Å². The Hall–Kier alpha value is -4.66. The van der Waals surface area contributed by atoms with E-state index >= 15 is 0 Å². The average Bonchev–Trinajstić information content (AvgIpc) is 3.50. The molecule has 0 fully saturated rings. The van der Waals surface area contributed by atoms with Crippen molar-refractivity contribution in [1.82, 2.24) is 16.0 Å². The van der Waals surface area contributed by atoms with Gasteiger partial charge in [0.1, 0.15) is 30.5 Å². The molecule has 0 radical (unpaired) electrons. The standard InChI is InChI=1S/C32H41ClN8O5S/c33-26-16-15-25(47-26)31(45)40-24(10-6-18-38-32(36)37)29(43)39-23(9-4-5-17-34)30(44)41-27(28(35)42)21-11-13-22(14-12-21)46-19-20-7-2-1-3-8-20/h1-3,7-8,11-16,23-24,27H,4-6,9-10,17-19,34H2,(H2,35,42)(H,39,43)(H,40,45)(H,41,44)(H4,36,37,38)/t23-,24-,27+/m0/s1. The van der Waals surface area contributed by atoms with Gasteiger partial charge in [0.2, 0.25) is 17.7 Å². The van der Waals surface area contributed by atoms with Crippen LogP contribution in [0.2, 0.25) is 4.34 Å². The van der Waals surface area contributed by atoms with Crippen molar-refractivity contribution in [3.05, 3.63) is 87.1 Å². The number of thiophene rings is 1. The van der Waals surface area contributed by atoms with Crippen molar-refractivity contribution in [3.8, 4) is 5.75 Å². The fraction of sp³-hybridized carbons (Fsp3) is 0.344. The van der Waals surface area contributed by atoms with Crippen LogP contribution in [-0.2, 0) is 21.0 Å². The highest BCUT2D eigenvalue weighted by Crippen LogP contribution is 2.22. The first-order valence-electron chi connectivity index (χ1n) is 15.1. The molecule has 1 heterocycles. The molecule has 47 heavy (non-hydrogen) atoms. The van der Waals surface area contributed by atoms with E-state index in [1.165, 1.54) is 0 Å². The van der Waals surface area contributed by atoms with Crippen LogP contribution in [0.1, 0.15) is 58.9 Å². The van der Waals surface area contributed by atoms with Gasteiger partial charge in [-0.05, 0) is 74.0 Å². The summed E-state index contributed by atoms with van der Waals surface area (Å²) < 4.78 is 6.23. The van der Waals surface area contributed by atoms with Crippen LogP contribution in [0.3, 0.4) is 0 Å². The molecule has 0 bridgehead atoms. The summed E-state index contributed by atoms with van der Waals surface area (Å²) in [6.45, 7) is 0.971. The summed E-state index contributed by atoms with van der Waals surface area (Å²) in [7, 11) is 0. The quantitative estimate of drug-likeness (QED) is 0.0560. The molecule has 4 amide bonds. The molecule has 0 saturated carbocycles. The number of nitrogens with one attached hydrogen (secondary N) is 3. The summed E-state index contributed by atoms with van der Waals surface area (Å²) in [6, 6.07) is 16.1. The number of carbonyl (C=O) groups is 4. The van der Waals surface area contributed by atoms with E-state index < -0.39 is 41.8 Å². The van der Waals surface area contributed by atoms with Crippen LogP contribution < -0.4 is 43.6 Å². The van der Waals surface area contributed by atoms with Gasteiger partial charge in [0.15, 0.2) is 5.96 Å². The normalized spacial score (nSPS) is 12.6. The lowest BCUT2D eigenvalue weighted by atomic mass is 10.0. The second-order valence-corrected chi connectivity index (χ2v) is 12.3. The predicted molar refractivity (Wildman–Crippen MR) is 183 cm³/mol. The first kappa shape index (κ1) is 36.8. The average molecular weight is 685 g/mol. The third-order valence-electron chi connectivity index (χ3n) is 6.98. The third kappa shape index (κ3) is 12.6. The van der Waals surface area contributed by atoms with Crippen LogP contribution in [-0.4, -0.2) is 54.8 Å². The predicted octanol–water partition coefficient (Wildman–Crippen LogP) is 2.09. The molecule has 2 aromatic carbocycles. The van der Waals surface area contributed by atoms with E-state index in [1.807, 2.05) is 30.3 Å². The molecule has 0 aliphatic rings. The van der Waals surface area contributed by atoms with Crippen molar-refractivity contribution in [2.24, 2.45) is 27.9 Å². The smallest absolute Gasteiger partial charge is 0.262 e. The summed E-state index contributed by atoms with van der Waals surface area (Å²) in [4.78, 5) is 56.7. The molecule has 11 N–H and O–H groups in total. The maximum absolute atomic E-state index is 13.6. The van der Waals surface area contributed by atoms with Gasteiger partial charge >= 0.3 is 0 Å². The first-order chi connectivity index (χ1) is 22.6. The number of aliphatic imine (C=N–C) groups is 1. The second-order valence-electron chi connectivity index (χ2n) is 10.6. The molecule has 3 atom stereocenters. The van der Waals surface area contributed by atoms with Crippen LogP contribution >= 0.6 is 22.9 Å². The zero-order valence-corrected chi connectivity index (χ0v) is 27.4. The molecular weight excluding hydrogens is 644 g/mol. The summed E-state index contributed by atoms with van der Waals surface area (Å²) in [5.74, 6) is -2.05. The van der Waals surface area contributed by atoms with Gasteiger partial charge in [0.25, 0.3) is 5.91 Å². The van der Waals surface area contributed by atoms with E-state index in [0.29, 0.717) is 52.9 Å². The number of amides is 4. The maximum atomic E-state index is 13.6. The lowest BCUT2D eigenvalue weighted by Gasteiger charge is -2.25. The van der Waals surface area contributed by atoms with Crippen molar-refractivity contribution >= 4 is 52.5 Å². The Morgan fingerprint density at radius 1 is 0.809 bits per heavy atom. The van der Waals surface area contributed by atoms with Gasteiger partial charge in [-0.2, -0.15) is 0 Å². The Morgan fingerprint density at radius 2 is 1.47 bits per heavy atom. The van der Waals surface area contributed by atoms with E-state index in [2.05, 4.69) is 20.9 Å². The molecule has 0 saturated heterocycles. The zero-order chi connectivity index (χ0) is 34.2. The molecular formula is C32H41ClN8O5S. The molecule has 3 aromatic rings. The van der Waals surface area contributed by atoms with Crippen LogP contribution in [0.5, 0.6) is 5.75 Å². The Kier molecular flexibility index (Phi) is 15.0. The minimum absolute atomic E-state index is 0.0988. The zero-order valence-electron chi connectivity index (χ0n) is 25.8. The van der Waals surface area contributed by atoms with E-state index in [-0.39, 0.29) is 25.3 Å². The van der Waals surface area contributed by atoms with Crippen LogP contribution in [0, 0.1) is 0 Å². The minimum Gasteiger partial charge on any atom is -0.489 e. The fourth-order valence-corrected chi connectivity index (χ4v) is 5.48. The van der Waals surface area contributed by atoms with Crippen molar-refractivity contribution in [1.29, 1.82) is 0 Å². The van der Waals surface area contributed by atoms with E-state index in [0.717, 1.165) is 16.9 Å². The lowest BCUT2D eigenvalue weighted by molar-refractivity contribution is -0.132. The fourth-order valence-electron chi connectivity index (χ4n) is 4.53. The van der Waals surface area contributed by atoms with Gasteiger partial charge in [0.05, 0.1) is 9.21 Å². The van der Waals surface area contributed by atoms with Gasteiger partial charge in [-0.3, -0.25) is 24.2 Å². The number of nitrogens with zero attached hydrogens (tertiary/aromatic N) is 1. The minimum atomic E-state index is -1.18. The number of ether oxygens (including phenoxy) is 1. The summed E-state index contributed by atoms with van der Waals surface area (Å²) in [6.07, 6.45) is 1.87. The highest BCUT2D eigenvalue weighted by molar-refractivity contribution is 7.18. The molecule has 1 aromatic heterocycles. The molecule has 0 spiro atoms.